The Morgan fingerprint density at radius 2 is 1.95 bits per heavy atom. The predicted molar refractivity (Wildman–Crippen MR) is 86.6 cm³/mol. The van der Waals surface area contributed by atoms with Crippen LogP contribution in [-0.2, 0) is 16.6 Å². The van der Waals surface area contributed by atoms with Crippen LogP contribution in [0.4, 0.5) is 0 Å². The van der Waals surface area contributed by atoms with Crippen molar-refractivity contribution < 1.29 is 8.42 Å². The van der Waals surface area contributed by atoms with E-state index in [2.05, 4.69) is 11.6 Å². The number of benzene rings is 1. The van der Waals surface area contributed by atoms with Crippen LogP contribution >= 0.6 is 11.8 Å². The fourth-order valence-corrected chi connectivity index (χ4v) is 4.34. The van der Waals surface area contributed by atoms with Crippen molar-refractivity contribution >= 4 is 21.8 Å². The fourth-order valence-electron chi connectivity index (χ4n) is 2.04. The van der Waals surface area contributed by atoms with Crippen LogP contribution in [0.2, 0.25) is 0 Å². The van der Waals surface area contributed by atoms with Crippen LogP contribution in [0.15, 0.2) is 17.0 Å². The molecule has 1 atom stereocenters. The molecule has 1 rings (SSSR count). The average Bonchev–Trinajstić information content (AvgIpc) is 2.35. The normalized spacial score (nSPS) is 13.4. The molecule has 0 spiro atoms. The van der Waals surface area contributed by atoms with Crippen LogP contribution in [0, 0.1) is 13.8 Å². The molecule has 6 heteroatoms. The minimum Gasteiger partial charge on any atom is -0.326 e. The zero-order valence-electron chi connectivity index (χ0n) is 12.6. The van der Waals surface area contributed by atoms with E-state index in [1.165, 1.54) is 0 Å². The Bertz CT molecular complexity index is 557. The van der Waals surface area contributed by atoms with Gasteiger partial charge in [-0.15, -0.1) is 0 Å². The van der Waals surface area contributed by atoms with Gasteiger partial charge < -0.3 is 5.73 Å². The maximum Gasteiger partial charge on any atom is 0.241 e. The summed E-state index contributed by atoms with van der Waals surface area (Å²) in [6.07, 6.45) is 0. The molecule has 20 heavy (non-hydrogen) atoms. The van der Waals surface area contributed by atoms with E-state index in [-0.39, 0.29) is 6.04 Å². The first kappa shape index (κ1) is 17.5. The van der Waals surface area contributed by atoms with Gasteiger partial charge in [-0.1, -0.05) is 13.0 Å². The minimum atomic E-state index is -3.49. The lowest BCUT2D eigenvalue weighted by atomic mass is 10.1. The van der Waals surface area contributed by atoms with E-state index in [4.69, 9.17) is 5.73 Å². The van der Waals surface area contributed by atoms with Crippen molar-refractivity contribution in [1.29, 1.82) is 0 Å². The van der Waals surface area contributed by atoms with E-state index < -0.39 is 10.0 Å². The highest BCUT2D eigenvalue weighted by Crippen LogP contribution is 2.21. The van der Waals surface area contributed by atoms with E-state index >= 15 is 0 Å². The number of aryl methyl sites for hydroxylation is 2. The van der Waals surface area contributed by atoms with Gasteiger partial charge in [-0.25, -0.2) is 13.1 Å². The summed E-state index contributed by atoms with van der Waals surface area (Å²) < 4.78 is 27.6. The predicted octanol–water partition coefficient (Wildman–Crippen LogP) is 2.18. The summed E-state index contributed by atoms with van der Waals surface area (Å²) in [6, 6.07) is 3.47. The molecule has 1 aromatic rings. The van der Waals surface area contributed by atoms with Crippen molar-refractivity contribution in [1.82, 2.24) is 4.72 Å². The van der Waals surface area contributed by atoms with Crippen molar-refractivity contribution in [3.63, 3.8) is 0 Å². The van der Waals surface area contributed by atoms with Gasteiger partial charge in [0.05, 0.1) is 4.90 Å². The summed E-state index contributed by atoms with van der Waals surface area (Å²) in [7, 11) is -3.49. The van der Waals surface area contributed by atoms with Crippen LogP contribution < -0.4 is 10.5 Å². The largest absolute Gasteiger partial charge is 0.326 e. The molecule has 0 aromatic heterocycles. The second-order valence-electron chi connectivity index (χ2n) is 4.93. The molecule has 1 aromatic carbocycles. The Labute approximate surface area is 126 Å². The summed E-state index contributed by atoms with van der Waals surface area (Å²) in [6.45, 7) is 8.04. The highest BCUT2D eigenvalue weighted by atomic mass is 32.2. The first-order valence-electron chi connectivity index (χ1n) is 6.72. The van der Waals surface area contributed by atoms with E-state index in [1.807, 2.05) is 26.8 Å². The van der Waals surface area contributed by atoms with Gasteiger partial charge in [0.1, 0.15) is 0 Å². The monoisotopic (exact) mass is 316 g/mol. The van der Waals surface area contributed by atoms with E-state index in [0.29, 0.717) is 11.4 Å². The number of hydrogen-bond acceptors (Lipinski definition) is 4. The van der Waals surface area contributed by atoms with Gasteiger partial charge in [-0.2, -0.15) is 11.8 Å². The Morgan fingerprint density at radius 3 is 2.50 bits per heavy atom. The molecule has 0 fully saturated rings. The quantitative estimate of drug-likeness (QED) is 0.809. The van der Waals surface area contributed by atoms with Gasteiger partial charge >= 0.3 is 0 Å². The molecule has 0 saturated carbocycles. The number of rotatable bonds is 7. The minimum absolute atomic E-state index is 0.0908. The van der Waals surface area contributed by atoms with Crippen molar-refractivity contribution in [2.45, 2.75) is 45.2 Å². The van der Waals surface area contributed by atoms with E-state index in [0.717, 1.165) is 28.2 Å². The summed E-state index contributed by atoms with van der Waals surface area (Å²) >= 11 is 1.72. The summed E-state index contributed by atoms with van der Waals surface area (Å²) in [5.74, 6) is 1.75. The van der Waals surface area contributed by atoms with Gasteiger partial charge in [-0.05, 0) is 49.3 Å². The Morgan fingerprint density at radius 1 is 1.30 bits per heavy atom. The van der Waals surface area contributed by atoms with Crippen molar-refractivity contribution in [3.05, 3.63) is 28.8 Å². The molecule has 0 heterocycles. The topological polar surface area (TPSA) is 72.2 Å². The first-order chi connectivity index (χ1) is 9.31. The van der Waals surface area contributed by atoms with Gasteiger partial charge in [0.2, 0.25) is 10.0 Å². The highest BCUT2D eigenvalue weighted by Gasteiger charge is 2.20. The summed E-state index contributed by atoms with van der Waals surface area (Å²) in [5.41, 5.74) is 8.31. The summed E-state index contributed by atoms with van der Waals surface area (Å²) in [5, 5.41) is 0. The molecule has 0 aliphatic heterocycles. The third-order valence-electron chi connectivity index (χ3n) is 3.07. The van der Waals surface area contributed by atoms with Crippen LogP contribution in [-0.4, -0.2) is 26.0 Å². The average molecular weight is 316 g/mol. The number of sulfonamides is 1. The molecule has 3 N–H and O–H groups in total. The van der Waals surface area contributed by atoms with Crippen LogP contribution in [0.3, 0.4) is 0 Å². The third kappa shape index (κ3) is 4.48. The molecule has 0 bridgehead atoms. The maximum absolute atomic E-state index is 12.4. The molecule has 114 valence electrons. The molecule has 1 unspecified atom stereocenters. The zero-order chi connectivity index (χ0) is 15.3. The number of nitrogens with one attached hydrogen (secondary N) is 1. The van der Waals surface area contributed by atoms with Gasteiger partial charge in [0.15, 0.2) is 0 Å². The second kappa shape index (κ2) is 7.45. The third-order valence-corrected chi connectivity index (χ3v) is 5.95. The van der Waals surface area contributed by atoms with Gasteiger partial charge in [-0.3, -0.25) is 0 Å². The zero-order valence-corrected chi connectivity index (χ0v) is 14.2. The van der Waals surface area contributed by atoms with Crippen molar-refractivity contribution in [2.24, 2.45) is 5.73 Å². The van der Waals surface area contributed by atoms with Crippen LogP contribution in [0.25, 0.3) is 0 Å². The Hall–Kier alpha value is -0.560. The van der Waals surface area contributed by atoms with E-state index in [9.17, 15) is 8.42 Å². The Kier molecular flexibility index (Phi) is 6.51. The lowest BCUT2D eigenvalue weighted by molar-refractivity contribution is 0.570. The smallest absolute Gasteiger partial charge is 0.241 e. The molecular formula is C14H24N2O2S2. The Balaban J connectivity index is 3.03. The van der Waals surface area contributed by atoms with Crippen molar-refractivity contribution in [2.75, 3.05) is 11.5 Å². The summed E-state index contributed by atoms with van der Waals surface area (Å²) in [4.78, 5) is 0.330. The maximum atomic E-state index is 12.4. The lowest BCUT2D eigenvalue weighted by Gasteiger charge is -2.16. The van der Waals surface area contributed by atoms with Crippen LogP contribution in [0.1, 0.15) is 30.5 Å². The van der Waals surface area contributed by atoms with Gasteiger partial charge in [0, 0.05) is 18.3 Å². The lowest BCUT2D eigenvalue weighted by Crippen LogP contribution is -2.34. The SMILES string of the molecule is CCSCC(C)NS(=O)(=O)c1cc(CN)c(C)cc1C. The molecule has 0 aliphatic rings. The molecule has 0 amide bonds. The first-order valence-corrected chi connectivity index (χ1v) is 9.35. The molecule has 0 saturated heterocycles. The van der Waals surface area contributed by atoms with Crippen molar-refractivity contribution in [3.8, 4) is 0 Å². The highest BCUT2D eigenvalue weighted by molar-refractivity contribution is 7.99. The number of thioether (sulfide) groups is 1. The molecule has 0 aliphatic carbocycles. The standard InChI is InChI=1S/C14H24N2O2S2/c1-5-19-9-12(4)16-20(17,18)14-7-13(8-15)10(2)6-11(14)3/h6-7,12,16H,5,8-9,15H2,1-4H3. The van der Waals surface area contributed by atoms with E-state index in [1.54, 1.807) is 17.8 Å². The molecular weight excluding hydrogens is 292 g/mol. The fraction of sp³-hybridized carbons (Fsp3) is 0.571. The molecule has 4 nitrogen and oxygen atoms in total. The van der Waals surface area contributed by atoms with Crippen LogP contribution in [0.5, 0.6) is 0 Å². The number of nitrogens with two attached hydrogens (primary N) is 1. The van der Waals surface area contributed by atoms with Gasteiger partial charge in [0.25, 0.3) is 0 Å². The number of hydrogen-bond donors (Lipinski definition) is 2. The molecule has 0 radical (unpaired) electrons. The second-order valence-corrected chi connectivity index (χ2v) is 7.93.